The van der Waals surface area contributed by atoms with Crippen molar-refractivity contribution in [2.45, 2.75) is 25.8 Å². The molecule has 0 saturated carbocycles. The van der Waals surface area contributed by atoms with E-state index in [1.165, 1.54) is 0 Å². The minimum atomic E-state index is -0.639. The summed E-state index contributed by atoms with van der Waals surface area (Å²) >= 11 is 0. The van der Waals surface area contributed by atoms with Crippen molar-refractivity contribution in [3.8, 4) is 0 Å². The van der Waals surface area contributed by atoms with Gasteiger partial charge in [0, 0.05) is 11.7 Å². The fourth-order valence-electron chi connectivity index (χ4n) is 4.06. The summed E-state index contributed by atoms with van der Waals surface area (Å²) in [4.78, 5) is 38.6. The van der Waals surface area contributed by atoms with E-state index in [4.69, 9.17) is 4.74 Å². The Labute approximate surface area is 180 Å². The highest BCUT2D eigenvalue weighted by Gasteiger charge is 2.30. The second-order valence-corrected chi connectivity index (χ2v) is 7.70. The zero-order valence-electron chi connectivity index (χ0n) is 17.3. The van der Waals surface area contributed by atoms with Gasteiger partial charge in [0.2, 0.25) is 5.91 Å². The van der Waals surface area contributed by atoms with Gasteiger partial charge in [0.25, 0.3) is 5.91 Å². The number of nitrogens with zero attached hydrogens (tertiary/aromatic N) is 1. The van der Waals surface area contributed by atoms with Crippen LogP contribution in [0.4, 0.5) is 5.69 Å². The first kappa shape index (κ1) is 20.6. The summed E-state index contributed by atoms with van der Waals surface area (Å²) in [5, 5.41) is 4.64. The SMILES string of the molecule is C[C@H]1Cc2ccccc2N1C(=O)COC(=O)CNC(=O)Cc1cccc2ccccc12. The number of fused-ring (bicyclic) bond motifs is 2. The Kier molecular flexibility index (Phi) is 5.98. The highest BCUT2D eigenvalue weighted by Crippen LogP contribution is 2.31. The molecule has 6 heteroatoms. The Morgan fingerprint density at radius 2 is 1.74 bits per heavy atom. The number of amides is 2. The molecule has 0 unspecified atom stereocenters. The van der Waals surface area contributed by atoms with E-state index in [-0.39, 0.29) is 37.4 Å². The van der Waals surface area contributed by atoms with Gasteiger partial charge in [0.05, 0.1) is 6.42 Å². The highest BCUT2D eigenvalue weighted by atomic mass is 16.5. The smallest absolute Gasteiger partial charge is 0.325 e. The van der Waals surface area contributed by atoms with Crippen LogP contribution in [0.25, 0.3) is 10.8 Å². The monoisotopic (exact) mass is 416 g/mol. The Balaban J connectivity index is 1.27. The van der Waals surface area contributed by atoms with E-state index in [2.05, 4.69) is 5.32 Å². The Morgan fingerprint density at radius 3 is 2.61 bits per heavy atom. The van der Waals surface area contributed by atoms with Crippen LogP contribution in [0.5, 0.6) is 0 Å². The number of nitrogens with one attached hydrogen (secondary N) is 1. The lowest BCUT2D eigenvalue weighted by Crippen LogP contribution is -2.39. The van der Waals surface area contributed by atoms with Crippen molar-refractivity contribution >= 4 is 34.2 Å². The van der Waals surface area contributed by atoms with Gasteiger partial charge in [-0.15, -0.1) is 0 Å². The van der Waals surface area contributed by atoms with Crippen LogP contribution in [0.2, 0.25) is 0 Å². The molecule has 3 aromatic rings. The van der Waals surface area contributed by atoms with E-state index in [9.17, 15) is 14.4 Å². The van der Waals surface area contributed by atoms with Gasteiger partial charge in [-0.1, -0.05) is 60.7 Å². The molecule has 0 radical (unpaired) electrons. The summed E-state index contributed by atoms with van der Waals surface area (Å²) in [6, 6.07) is 21.4. The van der Waals surface area contributed by atoms with Crippen LogP contribution < -0.4 is 10.2 Å². The Morgan fingerprint density at radius 1 is 1.00 bits per heavy atom. The molecule has 1 N–H and O–H groups in total. The third-order valence-electron chi connectivity index (χ3n) is 5.49. The lowest BCUT2D eigenvalue weighted by molar-refractivity contribution is -0.147. The molecule has 0 aliphatic carbocycles. The van der Waals surface area contributed by atoms with Gasteiger partial charge in [0.1, 0.15) is 6.54 Å². The van der Waals surface area contributed by atoms with E-state index in [1.54, 1.807) is 4.90 Å². The van der Waals surface area contributed by atoms with Crippen LogP contribution in [-0.4, -0.2) is 37.0 Å². The van der Waals surface area contributed by atoms with Crippen molar-refractivity contribution in [3.05, 3.63) is 77.9 Å². The fraction of sp³-hybridized carbons (Fsp3) is 0.240. The van der Waals surface area contributed by atoms with Crippen molar-refractivity contribution in [2.24, 2.45) is 0 Å². The maximum absolute atomic E-state index is 12.6. The molecule has 0 aromatic heterocycles. The second-order valence-electron chi connectivity index (χ2n) is 7.70. The van der Waals surface area contributed by atoms with Crippen LogP contribution in [0.15, 0.2) is 66.7 Å². The number of hydrogen-bond donors (Lipinski definition) is 1. The number of rotatable bonds is 6. The molecule has 6 nitrogen and oxygen atoms in total. The number of para-hydroxylation sites is 1. The highest BCUT2D eigenvalue weighted by molar-refractivity contribution is 5.98. The molecule has 31 heavy (non-hydrogen) atoms. The van der Waals surface area contributed by atoms with E-state index in [1.807, 2.05) is 73.7 Å². The average molecular weight is 416 g/mol. The van der Waals surface area contributed by atoms with Gasteiger partial charge in [0.15, 0.2) is 6.61 Å². The Hall–Kier alpha value is -3.67. The molecular weight excluding hydrogens is 392 g/mol. The van der Waals surface area contributed by atoms with Crippen molar-refractivity contribution < 1.29 is 19.1 Å². The summed E-state index contributed by atoms with van der Waals surface area (Å²) in [5.41, 5.74) is 2.86. The standard InChI is InChI=1S/C25H24N2O4/c1-17-13-20-8-3-5-12-22(20)27(17)24(29)16-31-25(30)15-26-23(28)14-19-10-6-9-18-7-2-4-11-21(18)19/h2-12,17H,13-16H2,1H3,(H,26,28)/t17-/m0/s1. The largest absolute Gasteiger partial charge is 0.454 e. The molecule has 158 valence electrons. The topological polar surface area (TPSA) is 75.7 Å². The van der Waals surface area contributed by atoms with Crippen LogP contribution in [-0.2, 0) is 32.0 Å². The lowest BCUT2D eigenvalue weighted by atomic mass is 10.0. The first-order valence-electron chi connectivity index (χ1n) is 10.3. The predicted molar refractivity (Wildman–Crippen MR) is 119 cm³/mol. The van der Waals surface area contributed by atoms with Crippen molar-refractivity contribution in [1.82, 2.24) is 5.32 Å². The predicted octanol–water partition coefficient (Wildman–Crippen LogP) is 3.02. The van der Waals surface area contributed by atoms with Gasteiger partial charge in [-0.2, -0.15) is 0 Å². The summed E-state index contributed by atoms with van der Waals surface area (Å²) in [7, 11) is 0. The summed E-state index contributed by atoms with van der Waals surface area (Å²) in [6.07, 6.45) is 0.940. The minimum Gasteiger partial charge on any atom is -0.454 e. The van der Waals surface area contributed by atoms with E-state index in [0.717, 1.165) is 34.0 Å². The first-order chi connectivity index (χ1) is 15.0. The summed E-state index contributed by atoms with van der Waals surface area (Å²) < 4.78 is 5.11. The zero-order chi connectivity index (χ0) is 21.8. The van der Waals surface area contributed by atoms with Crippen molar-refractivity contribution in [2.75, 3.05) is 18.1 Å². The van der Waals surface area contributed by atoms with Gasteiger partial charge in [-0.3, -0.25) is 14.4 Å². The number of carbonyl (C=O) groups excluding carboxylic acids is 3. The fourth-order valence-corrected chi connectivity index (χ4v) is 4.06. The molecule has 4 rings (SSSR count). The van der Waals surface area contributed by atoms with Gasteiger partial charge in [-0.25, -0.2) is 0 Å². The summed E-state index contributed by atoms with van der Waals surface area (Å²) in [6.45, 7) is 1.34. The van der Waals surface area contributed by atoms with Gasteiger partial charge in [-0.05, 0) is 41.3 Å². The third kappa shape index (κ3) is 4.58. The molecule has 0 bridgehead atoms. The van der Waals surface area contributed by atoms with E-state index < -0.39 is 5.97 Å². The second kappa shape index (κ2) is 9.00. The quantitative estimate of drug-likeness (QED) is 0.627. The molecule has 0 fully saturated rings. The van der Waals surface area contributed by atoms with E-state index in [0.29, 0.717) is 0 Å². The number of ether oxygens (including phenoxy) is 1. The minimum absolute atomic E-state index is 0.0176. The maximum Gasteiger partial charge on any atom is 0.325 e. The van der Waals surface area contributed by atoms with Crippen molar-refractivity contribution in [3.63, 3.8) is 0 Å². The third-order valence-corrected chi connectivity index (χ3v) is 5.49. The molecular formula is C25H24N2O4. The molecule has 1 heterocycles. The van der Waals surface area contributed by atoms with Crippen LogP contribution in [0, 0.1) is 0 Å². The van der Waals surface area contributed by atoms with Crippen LogP contribution in [0.1, 0.15) is 18.1 Å². The van der Waals surface area contributed by atoms with Gasteiger partial charge >= 0.3 is 5.97 Å². The molecule has 1 aliphatic rings. The maximum atomic E-state index is 12.6. The van der Waals surface area contributed by atoms with Crippen molar-refractivity contribution in [1.29, 1.82) is 0 Å². The van der Waals surface area contributed by atoms with Crippen LogP contribution >= 0.6 is 0 Å². The van der Waals surface area contributed by atoms with Crippen LogP contribution in [0.3, 0.4) is 0 Å². The molecule has 1 atom stereocenters. The number of anilines is 1. The normalized spacial score (nSPS) is 14.9. The molecule has 0 saturated heterocycles. The molecule has 3 aromatic carbocycles. The molecule has 1 aliphatic heterocycles. The van der Waals surface area contributed by atoms with Gasteiger partial charge < -0.3 is 15.0 Å². The Bertz CT molecular complexity index is 1140. The first-order valence-corrected chi connectivity index (χ1v) is 10.3. The number of hydrogen-bond acceptors (Lipinski definition) is 4. The number of benzene rings is 3. The molecule has 0 spiro atoms. The number of esters is 1. The van der Waals surface area contributed by atoms with E-state index >= 15 is 0 Å². The molecule has 2 amide bonds. The average Bonchev–Trinajstić information content (AvgIpc) is 3.12. The zero-order valence-corrected chi connectivity index (χ0v) is 17.3. The summed E-state index contributed by atoms with van der Waals surface area (Å²) in [5.74, 6) is -1.19. The lowest BCUT2D eigenvalue weighted by Gasteiger charge is -2.22. The number of carbonyl (C=O) groups is 3.